The largest absolute Gasteiger partial charge is 0.356 e. The van der Waals surface area contributed by atoms with Crippen LogP contribution in [0, 0.1) is 0 Å². The summed E-state index contributed by atoms with van der Waals surface area (Å²) in [5, 5.41) is 7.62. The monoisotopic (exact) mass is 361 g/mol. The zero-order chi connectivity index (χ0) is 17.6. The Balaban J connectivity index is 1.45. The third kappa shape index (κ3) is 5.06. The molecule has 1 aromatic carbocycles. The lowest BCUT2D eigenvalue weighted by molar-refractivity contribution is -0.121. The number of benzene rings is 1. The Hall–Kier alpha value is -1.85. The number of aromatic nitrogens is 1. The van der Waals surface area contributed by atoms with Gasteiger partial charge < -0.3 is 14.7 Å². The zero-order valence-corrected chi connectivity index (χ0v) is 15.3. The van der Waals surface area contributed by atoms with Gasteiger partial charge in [-0.05, 0) is 57.1 Å². The molecule has 134 valence electrons. The molecule has 2 heterocycles. The molecule has 25 heavy (non-hydrogen) atoms. The van der Waals surface area contributed by atoms with Crippen LogP contribution >= 0.6 is 11.6 Å². The highest BCUT2D eigenvalue weighted by Gasteiger charge is 2.19. The quantitative estimate of drug-likeness (QED) is 0.848. The number of carbonyl (C=O) groups is 1. The molecule has 1 aliphatic heterocycles. The Morgan fingerprint density at radius 2 is 2.16 bits per heavy atom. The van der Waals surface area contributed by atoms with Crippen LogP contribution in [-0.4, -0.2) is 35.6 Å². The van der Waals surface area contributed by atoms with Crippen LogP contribution in [0.25, 0.3) is 11.3 Å². The van der Waals surface area contributed by atoms with Crippen molar-refractivity contribution < 1.29 is 9.32 Å². The molecule has 1 N–H and O–H groups in total. The first-order valence-electron chi connectivity index (χ1n) is 8.80. The summed E-state index contributed by atoms with van der Waals surface area (Å²) in [5.41, 5.74) is 1.63. The molecule has 3 rings (SSSR count). The van der Waals surface area contributed by atoms with Crippen LogP contribution in [0.15, 0.2) is 34.9 Å². The number of nitrogens with zero attached hydrogens (tertiary/aromatic N) is 2. The lowest BCUT2D eigenvalue weighted by atomic mass is 9.98. The van der Waals surface area contributed by atoms with Crippen molar-refractivity contribution in [3.05, 3.63) is 41.0 Å². The summed E-state index contributed by atoms with van der Waals surface area (Å²) in [6.07, 6.45) is 5.19. The second-order valence-electron chi connectivity index (χ2n) is 6.64. The standard InChI is InChI=1S/C19H24ClN3O2/c1-23-11-3-2-4-17(23)9-10-19(24)21-13-16-12-18(25-22-16)14-5-7-15(20)8-6-14/h5-8,12,17H,2-4,9-11,13H2,1H3,(H,21,24)/t17-/m0/s1. The Kier molecular flexibility index (Phi) is 6.10. The first-order chi connectivity index (χ1) is 12.1. The molecule has 0 unspecified atom stereocenters. The van der Waals surface area contributed by atoms with E-state index < -0.39 is 0 Å². The summed E-state index contributed by atoms with van der Waals surface area (Å²) in [7, 11) is 2.15. The molecule has 1 fully saturated rings. The molecule has 5 nitrogen and oxygen atoms in total. The van der Waals surface area contributed by atoms with Crippen molar-refractivity contribution >= 4 is 17.5 Å². The summed E-state index contributed by atoms with van der Waals surface area (Å²) < 4.78 is 5.34. The van der Waals surface area contributed by atoms with Gasteiger partial charge in [0.15, 0.2) is 5.76 Å². The Bertz CT molecular complexity index is 699. The molecule has 6 heteroatoms. The number of piperidine rings is 1. The van der Waals surface area contributed by atoms with Gasteiger partial charge in [-0.1, -0.05) is 23.2 Å². The van der Waals surface area contributed by atoms with Crippen molar-refractivity contribution in [1.82, 2.24) is 15.4 Å². The van der Waals surface area contributed by atoms with E-state index in [2.05, 4.69) is 22.4 Å². The third-order valence-corrected chi connectivity index (χ3v) is 5.03. The first kappa shape index (κ1) is 18.0. The fourth-order valence-corrected chi connectivity index (χ4v) is 3.36. The van der Waals surface area contributed by atoms with Gasteiger partial charge in [-0.15, -0.1) is 0 Å². The van der Waals surface area contributed by atoms with Gasteiger partial charge in [-0.3, -0.25) is 4.79 Å². The number of nitrogens with one attached hydrogen (secondary N) is 1. The predicted molar refractivity (Wildman–Crippen MR) is 98.3 cm³/mol. The summed E-state index contributed by atoms with van der Waals surface area (Å²) in [4.78, 5) is 14.4. The number of rotatable bonds is 6. The average molecular weight is 362 g/mol. The molecule has 0 spiro atoms. The van der Waals surface area contributed by atoms with Gasteiger partial charge in [0, 0.05) is 29.1 Å². The highest BCUT2D eigenvalue weighted by Crippen LogP contribution is 2.22. The lowest BCUT2D eigenvalue weighted by Gasteiger charge is -2.32. The van der Waals surface area contributed by atoms with E-state index in [1.807, 2.05) is 30.3 Å². The van der Waals surface area contributed by atoms with Crippen LogP contribution in [-0.2, 0) is 11.3 Å². The fraction of sp³-hybridized carbons (Fsp3) is 0.474. The van der Waals surface area contributed by atoms with Gasteiger partial charge >= 0.3 is 0 Å². The highest BCUT2D eigenvalue weighted by atomic mass is 35.5. The molecular weight excluding hydrogens is 338 g/mol. The number of amides is 1. The normalized spacial score (nSPS) is 18.2. The summed E-state index contributed by atoms with van der Waals surface area (Å²) in [5.74, 6) is 0.736. The molecule has 1 amide bonds. The van der Waals surface area contributed by atoms with Crippen molar-refractivity contribution in [3.8, 4) is 11.3 Å². The first-order valence-corrected chi connectivity index (χ1v) is 9.18. The van der Waals surface area contributed by atoms with Gasteiger partial charge in [-0.2, -0.15) is 0 Å². The van der Waals surface area contributed by atoms with E-state index in [9.17, 15) is 4.79 Å². The minimum Gasteiger partial charge on any atom is -0.356 e. The zero-order valence-electron chi connectivity index (χ0n) is 14.5. The van der Waals surface area contributed by atoms with E-state index in [0.29, 0.717) is 35.5 Å². The lowest BCUT2D eigenvalue weighted by Crippen LogP contribution is -2.37. The van der Waals surface area contributed by atoms with Crippen LogP contribution in [0.3, 0.4) is 0 Å². The molecule has 1 atom stereocenters. The Labute approximate surface area is 153 Å². The van der Waals surface area contributed by atoms with E-state index >= 15 is 0 Å². The van der Waals surface area contributed by atoms with E-state index in [-0.39, 0.29) is 5.91 Å². The van der Waals surface area contributed by atoms with Crippen LogP contribution in [0.4, 0.5) is 0 Å². The maximum absolute atomic E-state index is 12.1. The number of likely N-dealkylation sites (tertiary alicyclic amines) is 1. The van der Waals surface area contributed by atoms with Gasteiger partial charge in [0.05, 0.1) is 6.54 Å². The van der Waals surface area contributed by atoms with Crippen molar-refractivity contribution in [2.75, 3.05) is 13.6 Å². The van der Waals surface area contributed by atoms with Crippen LogP contribution in [0.5, 0.6) is 0 Å². The van der Waals surface area contributed by atoms with E-state index in [1.54, 1.807) is 0 Å². The molecule has 1 saturated heterocycles. The maximum Gasteiger partial charge on any atom is 0.220 e. The topological polar surface area (TPSA) is 58.4 Å². The van der Waals surface area contributed by atoms with Crippen molar-refractivity contribution in [3.63, 3.8) is 0 Å². The van der Waals surface area contributed by atoms with Crippen LogP contribution in [0.2, 0.25) is 5.02 Å². The van der Waals surface area contributed by atoms with E-state index in [1.165, 1.54) is 19.3 Å². The smallest absolute Gasteiger partial charge is 0.220 e. The molecule has 0 radical (unpaired) electrons. The van der Waals surface area contributed by atoms with Crippen LogP contribution in [0.1, 0.15) is 37.8 Å². The molecule has 2 aromatic rings. The Morgan fingerprint density at radius 3 is 2.92 bits per heavy atom. The van der Waals surface area contributed by atoms with Crippen molar-refractivity contribution in [2.45, 2.75) is 44.7 Å². The number of carbonyl (C=O) groups excluding carboxylic acids is 1. The second kappa shape index (κ2) is 8.50. The number of hydrogen-bond donors (Lipinski definition) is 1. The number of hydrogen-bond acceptors (Lipinski definition) is 4. The summed E-state index contributed by atoms with van der Waals surface area (Å²) in [6.45, 7) is 1.52. The van der Waals surface area contributed by atoms with E-state index in [4.69, 9.17) is 16.1 Å². The van der Waals surface area contributed by atoms with Gasteiger partial charge in [-0.25, -0.2) is 0 Å². The van der Waals surface area contributed by atoms with Crippen molar-refractivity contribution in [1.29, 1.82) is 0 Å². The predicted octanol–water partition coefficient (Wildman–Crippen LogP) is 3.88. The van der Waals surface area contributed by atoms with E-state index in [0.717, 1.165) is 18.5 Å². The molecular formula is C19H24ClN3O2. The fourth-order valence-electron chi connectivity index (χ4n) is 3.23. The average Bonchev–Trinajstić information content (AvgIpc) is 3.09. The van der Waals surface area contributed by atoms with Crippen LogP contribution < -0.4 is 5.32 Å². The second-order valence-corrected chi connectivity index (χ2v) is 7.07. The minimum atomic E-state index is 0.0648. The van der Waals surface area contributed by atoms with Gasteiger partial charge in [0.2, 0.25) is 5.91 Å². The highest BCUT2D eigenvalue weighted by molar-refractivity contribution is 6.30. The summed E-state index contributed by atoms with van der Waals surface area (Å²) in [6, 6.07) is 9.76. The SMILES string of the molecule is CN1CCCC[C@H]1CCC(=O)NCc1cc(-c2ccc(Cl)cc2)on1. The number of halogens is 1. The maximum atomic E-state index is 12.1. The molecule has 0 bridgehead atoms. The molecule has 0 saturated carbocycles. The molecule has 1 aromatic heterocycles. The van der Waals surface area contributed by atoms with Crippen molar-refractivity contribution in [2.24, 2.45) is 0 Å². The third-order valence-electron chi connectivity index (χ3n) is 4.78. The molecule has 1 aliphatic rings. The molecule has 0 aliphatic carbocycles. The Morgan fingerprint density at radius 1 is 1.36 bits per heavy atom. The van der Waals surface area contributed by atoms with Gasteiger partial charge in [0.25, 0.3) is 0 Å². The van der Waals surface area contributed by atoms with Gasteiger partial charge in [0.1, 0.15) is 5.69 Å². The summed E-state index contributed by atoms with van der Waals surface area (Å²) >= 11 is 5.89. The minimum absolute atomic E-state index is 0.0648.